The quantitative estimate of drug-likeness (QED) is 0.232. The van der Waals surface area contributed by atoms with Gasteiger partial charge < -0.3 is 20.4 Å². The van der Waals surface area contributed by atoms with Crippen LogP contribution in [-0.4, -0.2) is 51.8 Å². The minimum absolute atomic E-state index is 0.231. The Labute approximate surface area is 242 Å². The average Bonchev–Trinajstić information content (AvgIpc) is 3.77. The van der Waals surface area contributed by atoms with E-state index in [-0.39, 0.29) is 17.9 Å². The molecule has 2 atom stereocenters. The summed E-state index contributed by atoms with van der Waals surface area (Å²) in [4.78, 5) is 18.0. The number of fused-ring (bicyclic) bond motifs is 2. The van der Waals surface area contributed by atoms with Crippen molar-refractivity contribution in [1.29, 1.82) is 0 Å². The Hall–Kier alpha value is -5.25. The number of amides is 2. The molecule has 0 saturated carbocycles. The third-order valence-electron chi connectivity index (χ3n) is 8.10. The topological polar surface area (TPSA) is 102 Å². The molecule has 4 aromatic carbocycles. The number of urea groups is 1. The van der Waals surface area contributed by atoms with Crippen LogP contribution in [0.5, 0.6) is 0 Å². The molecule has 9 nitrogen and oxygen atoms in total. The molecule has 2 aliphatic rings. The van der Waals surface area contributed by atoms with Crippen molar-refractivity contribution >= 4 is 28.8 Å². The predicted molar refractivity (Wildman–Crippen MR) is 162 cm³/mol. The van der Waals surface area contributed by atoms with E-state index in [9.17, 15) is 9.18 Å². The maximum absolute atomic E-state index is 13.5. The van der Waals surface area contributed by atoms with E-state index in [1.54, 1.807) is 0 Å². The average molecular weight is 561 g/mol. The minimum atomic E-state index is -0.317. The molecule has 7 rings (SSSR count). The van der Waals surface area contributed by atoms with Crippen molar-refractivity contribution in [2.45, 2.75) is 25.4 Å². The number of aromatic amines is 1. The first-order chi connectivity index (χ1) is 20.5. The molecule has 42 heavy (non-hydrogen) atoms. The Morgan fingerprint density at radius 3 is 2.33 bits per heavy atom. The van der Waals surface area contributed by atoms with E-state index in [4.69, 9.17) is 0 Å². The summed E-state index contributed by atoms with van der Waals surface area (Å²) in [5, 5.41) is 20.5. The zero-order valence-electron chi connectivity index (χ0n) is 23.0. The highest BCUT2D eigenvalue weighted by atomic mass is 19.1. The van der Waals surface area contributed by atoms with Gasteiger partial charge in [-0.3, -0.25) is 0 Å². The molecule has 5 aromatic rings. The Kier molecular flexibility index (Phi) is 6.50. The number of nitrogens with one attached hydrogen (secondary N) is 3. The highest BCUT2D eigenvalue weighted by molar-refractivity contribution is 6.03. The molecule has 210 valence electrons. The largest absolute Gasteiger partial charge is 0.365 e. The number of hydrogen-bond acceptors (Lipinski definition) is 6. The Morgan fingerprint density at radius 1 is 0.881 bits per heavy atom. The number of tetrazole rings is 1. The summed E-state index contributed by atoms with van der Waals surface area (Å²) in [6, 6.07) is 28.7. The molecule has 1 aromatic heterocycles. The number of nitrogens with zero attached hydrogens (tertiary/aromatic N) is 5. The van der Waals surface area contributed by atoms with E-state index < -0.39 is 0 Å². The maximum atomic E-state index is 13.5. The van der Waals surface area contributed by atoms with E-state index in [0.717, 1.165) is 53.1 Å². The van der Waals surface area contributed by atoms with Crippen molar-refractivity contribution in [1.82, 2.24) is 20.6 Å². The predicted octanol–water partition coefficient (Wildman–Crippen LogP) is 6.09. The summed E-state index contributed by atoms with van der Waals surface area (Å²) >= 11 is 0. The lowest BCUT2D eigenvalue weighted by molar-refractivity contribution is 0.262. The van der Waals surface area contributed by atoms with Crippen LogP contribution in [0.4, 0.5) is 31.9 Å². The fourth-order valence-corrected chi connectivity index (χ4v) is 6.10. The summed E-state index contributed by atoms with van der Waals surface area (Å²) in [7, 11) is 0. The molecule has 3 N–H and O–H groups in total. The van der Waals surface area contributed by atoms with E-state index >= 15 is 0 Å². The number of carbonyl (C=O) groups is 1. The van der Waals surface area contributed by atoms with E-state index in [2.05, 4.69) is 53.2 Å². The molecule has 2 fully saturated rings. The number of anilines is 4. The molecule has 2 amide bonds. The summed E-state index contributed by atoms with van der Waals surface area (Å²) in [6.07, 6.45) is 0.995. The van der Waals surface area contributed by atoms with Crippen molar-refractivity contribution in [2.24, 2.45) is 0 Å². The summed E-state index contributed by atoms with van der Waals surface area (Å²) in [6.45, 7) is 3.64. The number of piperazine rings is 1. The molecule has 10 heteroatoms. The lowest BCUT2D eigenvalue weighted by Crippen LogP contribution is -2.46. The second kappa shape index (κ2) is 10.6. The van der Waals surface area contributed by atoms with Gasteiger partial charge in [0.2, 0.25) is 0 Å². The van der Waals surface area contributed by atoms with Gasteiger partial charge >= 0.3 is 6.03 Å². The number of rotatable bonds is 6. The molecule has 2 aliphatic heterocycles. The summed E-state index contributed by atoms with van der Waals surface area (Å²) in [5.41, 5.74) is 7.27. The number of halogens is 1. The van der Waals surface area contributed by atoms with Gasteiger partial charge in [0.15, 0.2) is 5.82 Å². The number of aryl methyl sites for hydroxylation is 1. The van der Waals surface area contributed by atoms with E-state index in [1.165, 1.54) is 12.1 Å². The lowest BCUT2D eigenvalue weighted by Gasteiger charge is -2.37. The monoisotopic (exact) mass is 560 g/mol. The molecule has 0 unspecified atom stereocenters. The van der Waals surface area contributed by atoms with Crippen molar-refractivity contribution < 1.29 is 9.18 Å². The van der Waals surface area contributed by atoms with Crippen molar-refractivity contribution in [3.05, 3.63) is 102 Å². The second-order valence-corrected chi connectivity index (χ2v) is 10.8. The lowest BCUT2D eigenvalue weighted by atomic mass is 9.98. The highest BCUT2D eigenvalue weighted by Crippen LogP contribution is 2.42. The SMILES string of the molecule is Cc1ccc(NC(=O)Nc2cc(-c3ccccc3-c3nnn[nH]3)ccc2N2C[C@@H]3C[C@H]2CN3c2ccc(F)cc2)cc1. The van der Waals surface area contributed by atoms with E-state index in [1.807, 2.05) is 73.7 Å². The standard InChI is InChI=1S/C32H29FN8O/c1-20-6-11-23(12-7-20)34-32(42)35-29-16-21(27-4-2-3-5-28(27)31-36-38-39-37-31)8-15-30(29)41-19-25-17-26(41)18-40(25)24-13-9-22(33)10-14-24/h2-16,25-26H,17-19H2,1H3,(H2,34,35,42)(H,36,37,38,39)/t25-,26-/m0/s1. The van der Waals surface area contributed by atoms with Crippen LogP contribution >= 0.6 is 0 Å². The minimum Gasteiger partial charge on any atom is -0.365 e. The van der Waals surface area contributed by atoms with Gasteiger partial charge in [0.05, 0.1) is 11.4 Å². The first-order valence-corrected chi connectivity index (χ1v) is 13.9. The van der Waals surface area contributed by atoms with Gasteiger partial charge in [-0.15, -0.1) is 5.10 Å². The first kappa shape index (κ1) is 25.7. The summed E-state index contributed by atoms with van der Waals surface area (Å²) in [5.74, 6) is 0.338. The van der Waals surface area contributed by atoms with Crippen LogP contribution in [0.2, 0.25) is 0 Å². The fourth-order valence-electron chi connectivity index (χ4n) is 6.10. The highest BCUT2D eigenvalue weighted by Gasteiger charge is 2.44. The molecular formula is C32H29FN8O. The molecule has 0 spiro atoms. The Bertz CT molecular complexity index is 1720. The van der Waals surface area contributed by atoms with Crippen LogP contribution in [0.25, 0.3) is 22.5 Å². The fraction of sp³-hybridized carbons (Fsp3) is 0.188. The molecule has 0 aliphatic carbocycles. The number of hydrogen-bond donors (Lipinski definition) is 3. The first-order valence-electron chi connectivity index (χ1n) is 13.9. The van der Waals surface area contributed by atoms with Crippen LogP contribution in [0, 0.1) is 12.7 Å². The normalized spacial score (nSPS) is 17.5. The van der Waals surface area contributed by atoms with Gasteiger partial charge in [0, 0.05) is 42.1 Å². The number of aromatic nitrogens is 4. The molecular weight excluding hydrogens is 531 g/mol. The molecule has 2 bridgehead atoms. The van der Waals surface area contributed by atoms with Crippen LogP contribution in [-0.2, 0) is 0 Å². The maximum Gasteiger partial charge on any atom is 0.323 e. The number of carbonyl (C=O) groups excluding carboxylic acids is 1. The van der Waals surface area contributed by atoms with Crippen molar-refractivity contribution in [2.75, 3.05) is 33.5 Å². The molecule has 0 radical (unpaired) electrons. The second-order valence-electron chi connectivity index (χ2n) is 10.8. The zero-order chi connectivity index (χ0) is 28.6. The number of benzene rings is 4. The van der Waals surface area contributed by atoms with Crippen LogP contribution in [0.3, 0.4) is 0 Å². The van der Waals surface area contributed by atoms with Gasteiger partial charge in [0.25, 0.3) is 0 Å². The van der Waals surface area contributed by atoms with Crippen molar-refractivity contribution in [3.8, 4) is 22.5 Å². The molecule has 3 heterocycles. The van der Waals surface area contributed by atoms with E-state index in [0.29, 0.717) is 23.2 Å². The Morgan fingerprint density at radius 2 is 1.62 bits per heavy atom. The Balaban J connectivity index is 1.21. The third-order valence-corrected chi connectivity index (χ3v) is 8.10. The van der Waals surface area contributed by atoms with Crippen LogP contribution in [0.1, 0.15) is 12.0 Å². The van der Waals surface area contributed by atoms with Gasteiger partial charge in [-0.2, -0.15) is 0 Å². The van der Waals surface area contributed by atoms with Gasteiger partial charge in [-0.25, -0.2) is 14.3 Å². The van der Waals surface area contributed by atoms with Crippen LogP contribution in [0.15, 0.2) is 91.0 Å². The molecule has 2 saturated heterocycles. The van der Waals surface area contributed by atoms with Gasteiger partial charge in [-0.05, 0) is 83.4 Å². The van der Waals surface area contributed by atoms with Crippen molar-refractivity contribution in [3.63, 3.8) is 0 Å². The number of H-pyrrole nitrogens is 1. The smallest absolute Gasteiger partial charge is 0.323 e. The van der Waals surface area contributed by atoms with Crippen LogP contribution < -0.4 is 20.4 Å². The zero-order valence-corrected chi connectivity index (χ0v) is 23.0. The third kappa shape index (κ3) is 4.91. The van der Waals surface area contributed by atoms with Gasteiger partial charge in [-0.1, -0.05) is 48.0 Å². The van der Waals surface area contributed by atoms with Gasteiger partial charge in [0.1, 0.15) is 5.82 Å². The summed E-state index contributed by atoms with van der Waals surface area (Å²) < 4.78 is 13.5.